The van der Waals surface area contributed by atoms with Crippen molar-refractivity contribution in [2.24, 2.45) is 5.92 Å². The lowest BCUT2D eigenvalue weighted by molar-refractivity contribution is -0.157. The van der Waals surface area contributed by atoms with Gasteiger partial charge in [0.15, 0.2) is 6.61 Å². The second-order valence-electron chi connectivity index (χ2n) is 7.50. The zero-order valence-electron chi connectivity index (χ0n) is 15.9. The highest BCUT2D eigenvalue weighted by atomic mass is 16.5. The molecule has 2 rings (SSSR count). The summed E-state index contributed by atoms with van der Waals surface area (Å²) in [5.41, 5.74) is 4.44. The number of rotatable bonds is 4. The van der Waals surface area contributed by atoms with Gasteiger partial charge in [-0.25, -0.2) is 0 Å². The molecule has 7 heteroatoms. The second-order valence-corrected chi connectivity index (χ2v) is 7.50. The fraction of sp³-hybridized carbons (Fsp3) is 0.526. The number of carbonyl (C=O) groups is 3. The normalized spacial score (nSPS) is 17.5. The monoisotopic (exact) mass is 362 g/mol. The lowest BCUT2D eigenvalue weighted by Crippen LogP contribution is -2.55. The third-order valence-electron chi connectivity index (χ3n) is 4.22. The van der Waals surface area contributed by atoms with Crippen LogP contribution < -0.4 is 10.2 Å². The lowest BCUT2D eigenvalue weighted by atomic mass is 9.85. The molecule has 2 amide bonds. The van der Waals surface area contributed by atoms with Crippen molar-refractivity contribution in [3.63, 3.8) is 0 Å². The summed E-state index contributed by atoms with van der Waals surface area (Å²) in [5.74, 6) is -1.36. The largest absolute Gasteiger partial charge is 0.483 e. The molecule has 7 nitrogen and oxygen atoms in total. The first-order valence-corrected chi connectivity index (χ1v) is 8.53. The first kappa shape index (κ1) is 19.8. The Bertz CT molecular complexity index is 708. The maximum atomic E-state index is 12.4. The van der Waals surface area contributed by atoms with Crippen molar-refractivity contribution in [1.82, 2.24) is 10.4 Å². The molecule has 1 N–H and O–H groups in total. The summed E-state index contributed by atoms with van der Waals surface area (Å²) >= 11 is 0. The van der Waals surface area contributed by atoms with Gasteiger partial charge < -0.3 is 9.47 Å². The van der Waals surface area contributed by atoms with Crippen LogP contribution in [0.25, 0.3) is 0 Å². The van der Waals surface area contributed by atoms with E-state index >= 15 is 0 Å². The van der Waals surface area contributed by atoms with Crippen molar-refractivity contribution in [2.45, 2.75) is 39.5 Å². The molecule has 0 aromatic heterocycles. The minimum absolute atomic E-state index is 0.00342. The van der Waals surface area contributed by atoms with E-state index in [2.05, 4.69) is 30.9 Å². The standard InChI is InChI=1S/C19H26N2O5/c1-12-6-7-15(14(8-12)19(2,3)4)26-11-17(23)21-10-13(18(24)25-5)9-16(22)20-21/h6-8,13H,9-11H2,1-5H3,(H,20,22). The van der Waals surface area contributed by atoms with Gasteiger partial charge in [0.05, 0.1) is 19.6 Å². The number of aryl methyl sites for hydroxylation is 1. The van der Waals surface area contributed by atoms with E-state index in [1.54, 1.807) is 0 Å². The molecule has 0 saturated carbocycles. The van der Waals surface area contributed by atoms with E-state index in [9.17, 15) is 14.4 Å². The molecule has 1 heterocycles. The van der Waals surface area contributed by atoms with Crippen LogP contribution in [-0.2, 0) is 24.5 Å². The summed E-state index contributed by atoms with van der Waals surface area (Å²) in [4.78, 5) is 35.9. The Morgan fingerprint density at radius 2 is 2.00 bits per heavy atom. The van der Waals surface area contributed by atoms with E-state index in [4.69, 9.17) is 4.74 Å². The van der Waals surface area contributed by atoms with Gasteiger partial charge in [-0.1, -0.05) is 38.5 Å². The number of hydrogen-bond donors (Lipinski definition) is 1. The van der Waals surface area contributed by atoms with Crippen LogP contribution in [0.1, 0.15) is 38.3 Å². The van der Waals surface area contributed by atoms with Gasteiger partial charge in [0.2, 0.25) is 5.91 Å². The Kier molecular flexibility index (Phi) is 5.90. The fourth-order valence-electron chi connectivity index (χ4n) is 2.81. The number of hydrazine groups is 1. The van der Waals surface area contributed by atoms with Gasteiger partial charge in [0, 0.05) is 6.42 Å². The Morgan fingerprint density at radius 3 is 2.62 bits per heavy atom. The Morgan fingerprint density at radius 1 is 1.31 bits per heavy atom. The van der Waals surface area contributed by atoms with E-state index in [1.807, 2.05) is 25.1 Å². The predicted octanol–water partition coefficient (Wildman–Crippen LogP) is 1.72. The summed E-state index contributed by atoms with van der Waals surface area (Å²) < 4.78 is 10.4. The molecule has 1 unspecified atom stereocenters. The van der Waals surface area contributed by atoms with Crippen molar-refractivity contribution in [3.8, 4) is 5.75 Å². The van der Waals surface area contributed by atoms with Crippen molar-refractivity contribution in [1.29, 1.82) is 0 Å². The van der Waals surface area contributed by atoms with E-state index in [0.717, 1.165) is 16.1 Å². The molecule has 26 heavy (non-hydrogen) atoms. The minimum Gasteiger partial charge on any atom is -0.483 e. The molecule has 0 aliphatic carbocycles. The molecule has 1 aromatic rings. The number of nitrogens with zero attached hydrogens (tertiary/aromatic N) is 1. The highest BCUT2D eigenvalue weighted by Crippen LogP contribution is 2.32. The molecule has 1 aliphatic heterocycles. The number of esters is 1. The SMILES string of the molecule is COC(=O)C1CC(=O)NN(C(=O)COc2ccc(C)cc2C(C)(C)C)C1. The molecule has 1 aromatic carbocycles. The highest BCUT2D eigenvalue weighted by Gasteiger charge is 2.33. The molecule has 0 radical (unpaired) electrons. The maximum absolute atomic E-state index is 12.4. The van der Waals surface area contributed by atoms with Crippen LogP contribution in [0.5, 0.6) is 5.75 Å². The van der Waals surface area contributed by atoms with Crippen LogP contribution in [0.4, 0.5) is 0 Å². The molecule has 1 atom stereocenters. The molecule has 1 saturated heterocycles. The van der Waals surface area contributed by atoms with E-state index in [0.29, 0.717) is 5.75 Å². The van der Waals surface area contributed by atoms with Gasteiger partial charge in [-0.3, -0.25) is 24.8 Å². The van der Waals surface area contributed by atoms with Crippen molar-refractivity contribution >= 4 is 17.8 Å². The molecule has 1 fully saturated rings. The molecule has 0 spiro atoms. The van der Waals surface area contributed by atoms with E-state index < -0.39 is 23.7 Å². The number of hydrogen-bond acceptors (Lipinski definition) is 5. The number of amides is 2. The maximum Gasteiger partial charge on any atom is 0.311 e. The number of nitrogens with one attached hydrogen (secondary N) is 1. The summed E-state index contributed by atoms with van der Waals surface area (Å²) in [6.45, 7) is 8.05. The van der Waals surface area contributed by atoms with Crippen LogP contribution in [0.3, 0.4) is 0 Å². The zero-order valence-corrected chi connectivity index (χ0v) is 15.9. The first-order valence-electron chi connectivity index (χ1n) is 8.53. The molecule has 1 aliphatic rings. The van der Waals surface area contributed by atoms with Crippen LogP contribution in [0.15, 0.2) is 18.2 Å². The molecular formula is C19H26N2O5. The van der Waals surface area contributed by atoms with Gasteiger partial charge >= 0.3 is 5.97 Å². The third-order valence-corrected chi connectivity index (χ3v) is 4.22. The molecule has 142 valence electrons. The fourth-order valence-corrected chi connectivity index (χ4v) is 2.81. The van der Waals surface area contributed by atoms with E-state index in [1.165, 1.54) is 7.11 Å². The van der Waals surface area contributed by atoms with Crippen molar-refractivity contribution < 1.29 is 23.9 Å². The third kappa shape index (κ3) is 4.74. The lowest BCUT2D eigenvalue weighted by Gasteiger charge is -2.31. The molecule has 0 bridgehead atoms. The first-order chi connectivity index (χ1) is 12.1. The number of benzene rings is 1. The summed E-state index contributed by atoms with van der Waals surface area (Å²) in [6, 6.07) is 5.80. The molecular weight excluding hydrogens is 336 g/mol. The smallest absolute Gasteiger partial charge is 0.311 e. The Hall–Kier alpha value is -2.57. The van der Waals surface area contributed by atoms with Crippen LogP contribution >= 0.6 is 0 Å². The summed E-state index contributed by atoms with van der Waals surface area (Å²) in [7, 11) is 1.26. The van der Waals surface area contributed by atoms with Crippen molar-refractivity contribution in [3.05, 3.63) is 29.3 Å². The van der Waals surface area contributed by atoms with Crippen LogP contribution in [-0.4, -0.2) is 43.1 Å². The average Bonchev–Trinajstić information content (AvgIpc) is 2.58. The Labute approximate surface area is 153 Å². The predicted molar refractivity (Wildman–Crippen MR) is 95.4 cm³/mol. The summed E-state index contributed by atoms with van der Waals surface area (Å²) in [6.07, 6.45) is 0.00342. The quantitative estimate of drug-likeness (QED) is 0.825. The highest BCUT2D eigenvalue weighted by molar-refractivity contribution is 5.88. The van der Waals surface area contributed by atoms with Crippen molar-refractivity contribution in [2.75, 3.05) is 20.3 Å². The van der Waals surface area contributed by atoms with E-state index in [-0.39, 0.29) is 25.0 Å². The van der Waals surface area contributed by atoms with Crippen LogP contribution in [0, 0.1) is 12.8 Å². The van der Waals surface area contributed by atoms with Gasteiger partial charge in [-0.05, 0) is 24.0 Å². The van der Waals surface area contributed by atoms with Gasteiger partial charge in [0.1, 0.15) is 5.75 Å². The number of carbonyl (C=O) groups excluding carboxylic acids is 3. The van der Waals surface area contributed by atoms with Gasteiger partial charge in [-0.2, -0.15) is 0 Å². The van der Waals surface area contributed by atoms with Crippen LogP contribution in [0.2, 0.25) is 0 Å². The zero-order chi connectivity index (χ0) is 19.5. The Balaban J connectivity index is 2.07. The van der Waals surface area contributed by atoms with Gasteiger partial charge in [-0.15, -0.1) is 0 Å². The number of methoxy groups -OCH3 is 1. The average molecular weight is 362 g/mol. The topological polar surface area (TPSA) is 84.9 Å². The minimum atomic E-state index is -0.665. The second kappa shape index (κ2) is 7.76. The number of ether oxygens (including phenoxy) is 2. The summed E-state index contributed by atoms with van der Waals surface area (Å²) in [5, 5.41) is 1.12. The van der Waals surface area contributed by atoms with Gasteiger partial charge in [0.25, 0.3) is 5.91 Å².